The van der Waals surface area contributed by atoms with Crippen LogP contribution in [0, 0.1) is 16.0 Å². The summed E-state index contributed by atoms with van der Waals surface area (Å²) in [6.45, 7) is 2.74. The Hall–Kier alpha value is -1.13. The molecule has 0 spiro atoms. The first-order valence-corrected chi connectivity index (χ1v) is 7.11. The predicted molar refractivity (Wildman–Crippen MR) is 76.4 cm³/mol. The third-order valence-electron chi connectivity index (χ3n) is 3.87. The Morgan fingerprint density at radius 3 is 2.68 bits per heavy atom. The molecular weight excluding hydrogens is 264 g/mol. The molecule has 1 fully saturated rings. The number of nitrogens with zero attached hydrogens (tertiary/aromatic N) is 1. The van der Waals surface area contributed by atoms with Crippen LogP contribution in [-0.2, 0) is 6.54 Å². The van der Waals surface area contributed by atoms with E-state index in [1.54, 1.807) is 12.1 Å². The summed E-state index contributed by atoms with van der Waals surface area (Å²) in [6, 6.07) is 5.28. The maximum atomic E-state index is 11.0. The second-order valence-electron chi connectivity index (χ2n) is 5.33. The van der Waals surface area contributed by atoms with E-state index in [0.29, 0.717) is 23.2 Å². The lowest BCUT2D eigenvalue weighted by molar-refractivity contribution is -0.385. The van der Waals surface area contributed by atoms with Gasteiger partial charge in [0, 0.05) is 18.7 Å². The van der Waals surface area contributed by atoms with E-state index >= 15 is 0 Å². The summed E-state index contributed by atoms with van der Waals surface area (Å²) < 4.78 is 0. The van der Waals surface area contributed by atoms with Crippen LogP contribution < -0.4 is 5.32 Å². The summed E-state index contributed by atoms with van der Waals surface area (Å²) in [6.07, 6.45) is 4.73. The Labute approximate surface area is 118 Å². The first-order chi connectivity index (χ1) is 9.08. The lowest BCUT2D eigenvalue weighted by atomic mass is 9.87. The van der Waals surface area contributed by atoms with Crippen LogP contribution in [-0.4, -0.2) is 11.0 Å². The van der Waals surface area contributed by atoms with E-state index in [1.165, 1.54) is 18.9 Å². The van der Waals surface area contributed by atoms with Crippen LogP contribution in [0.25, 0.3) is 0 Å². The van der Waals surface area contributed by atoms with Crippen LogP contribution in [0.15, 0.2) is 18.2 Å². The van der Waals surface area contributed by atoms with Crippen LogP contribution >= 0.6 is 11.6 Å². The second kappa shape index (κ2) is 6.35. The molecule has 0 heterocycles. The SMILES string of the molecule is CC1CCC(NCc2c(Cl)cccc2[N+](=O)[O-])CC1. The van der Waals surface area contributed by atoms with Crippen LogP contribution in [0.2, 0.25) is 5.02 Å². The minimum Gasteiger partial charge on any atom is -0.310 e. The van der Waals surface area contributed by atoms with Gasteiger partial charge in [-0.15, -0.1) is 0 Å². The zero-order chi connectivity index (χ0) is 13.8. The molecule has 4 nitrogen and oxygen atoms in total. The maximum Gasteiger partial charge on any atom is 0.275 e. The zero-order valence-electron chi connectivity index (χ0n) is 11.1. The normalized spacial score (nSPS) is 23.3. The van der Waals surface area contributed by atoms with Crippen LogP contribution in [0.3, 0.4) is 0 Å². The molecule has 104 valence electrons. The summed E-state index contributed by atoms with van der Waals surface area (Å²) >= 11 is 6.07. The van der Waals surface area contributed by atoms with Crippen LogP contribution in [0.5, 0.6) is 0 Å². The number of benzene rings is 1. The van der Waals surface area contributed by atoms with Gasteiger partial charge in [0.25, 0.3) is 5.69 Å². The average Bonchev–Trinajstić information content (AvgIpc) is 2.39. The van der Waals surface area contributed by atoms with E-state index in [4.69, 9.17) is 11.6 Å². The van der Waals surface area contributed by atoms with E-state index < -0.39 is 0 Å². The number of hydrogen-bond acceptors (Lipinski definition) is 3. The number of rotatable bonds is 4. The van der Waals surface area contributed by atoms with Gasteiger partial charge in [-0.1, -0.05) is 24.6 Å². The highest BCUT2D eigenvalue weighted by atomic mass is 35.5. The fourth-order valence-corrected chi connectivity index (χ4v) is 2.84. The highest BCUT2D eigenvalue weighted by molar-refractivity contribution is 6.31. The van der Waals surface area contributed by atoms with E-state index in [-0.39, 0.29) is 10.6 Å². The molecule has 0 unspecified atom stereocenters. The highest BCUT2D eigenvalue weighted by Gasteiger charge is 2.20. The number of hydrogen-bond donors (Lipinski definition) is 1. The standard InChI is InChI=1S/C14H19ClN2O2/c1-10-5-7-11(8-6-10)16-9-12-13(15)3-2-4-14(12)17(18)19/h2-4,10-11,16H,5-9H2,1H3. The lowest BCUT2D eigenvalue weighted by Crippen LogP contribution is -2.32. The Morgan fingerprint density at radius 1 is 1.37 bits per heavy atom. The topological polar surface area (TPSA) is 55.2 Å². The minimum atomic E-state index is -0.369. The van der Waals surface area contributed by atoms with Gasteiger partial charge in [-0.05, 0) is 37.7 Å². The molecule has 0 amide bonds. The molecule has 0 aliphatic heterocycles. The second-order valence-corrected chi connectivity index (χ2v) is 5.74. The fraction of sp³-hybridized carbons (Fsp3) is 0.571. The quantitative estimate of drug-likeness (QED) is 0.673. The van der Waals surface area contributed by atoms with E-state index in [2.05, 4.69) is 12.2 Å². The number of nitro groups is 1. The summed E-state index contributed by atoms with van der Waals surface area (Å²) in [5.41, 5.74) is 0.692. The Kier molecular flexibility index (Phi) is 4.77. The van der Waals surface area contributed by atoms with Crippen molar-refractivity contribution in [1.29, 1.82) is 0 Å². The summed E-state index contributed by atoms with van der Waals surface area (Å²) in [7, 11) is 0. The van der Waals surface area contributed by atoms with Gasteiger partial charge >= 0.3 is 0 Å². The molecule has 1 N–H and O–H groups in total. The van der Waals surface area contributed by atoms with Gasteiger partial charge in [-0.25, -0.2) is 0 Å². The molecule has 0 radical (unpaired) electrons. The van der Waals surface area contributed by atoms with E-state index in [0.717, 1.165) is 18.8 Å². The van der Waals surface area contributed by atoms with Gasteiger partial charge in [0.15, 0.2) is 0 Å². The summed E-state index contributed by atoms with van der Waals surface area (Å²) in [5, 5.41) is 14.9. The molecule has 2 rings (SSSR count). The summed E-state index contributed by atoms with van der Waals surface area (Å²) in [5.74, 6) is 0.799. The Bertz CT molecular complexity index is 457. The van der Waals surface area contributed by atoms with Crippen LogP contribution in [0.4, 0.5) is 5.69 Å². The minimum absolute atomic E-state index is 0.101. The molecule has 0 bridgehead atoms. The van der Waals surface area contributed by atoms with Gasteiger partial charge < -0.3 is 5.32 Å². The monoisotopic (exact) mass is 282 g/mol. The van der Waals surface area contributed by atoms with Gasteiger partial charge in [0.05, 0.1) is 15.5 Å². The molecule has 1 aliphatic rings. The molecule has 1 aromatic rings. The van der Waals surface area contributed by atoms with E-state index in [9.17, 15) is 10.1 Å². The Balaban J connectivity index is 2.01. The van der Waals surface area contributed by atoms with Crippen molar-refractivity contribution in [3.8, 4) is 0 Å². The molecule has 1 saturated carbocycles. The van der Waals surface area contributed by atoms with Crippen molar-refractivity contribution >= 4 is 17.3 Å². The van der Waals surface area contributed by atoms with Gasteiger partial charge in [-0.3, -0.25) is 10.1 Å². The van der Waals surface area contributed by atoms with Crippen molar-refractivity contribution in [2.24, 2.45) is 5.92 Å². The van der Waals surface area contributed by atoms with Crippen molar-refractivity contribution in [2.45, 2.75) is 45.2 Å². The molecule has 19 heavy (non-hydrogen) atoms. The first kappa shape index (κ1) is 14.3. The Morgan fingerprint density at radius 2 is 2.05 bits per heavy atom. The van der Waals surface area contributed by atoms with E-state index in [1.807, 2.05) is 0 Å². The van der Waals surface area contributed by atoms with Crippen LogP contribution in [0.1, 0.15) is 38.2 Å². The smallest absolute Gasteiger partial charge is 0.275 e. The first-order valence-electron chi connectivity index (χ1n) is 6.73. The van der Waals surface area contributed by atoms with Crippen molar-refractivity contribution in [3.63, 3.8) is 0 Å². The van der Waals surface area contributed by atoms with Crippen molar-refractivity contribution in [1.82, 2.24) is 5.32 Å². The molecular formula is C14H19ClN2O2. The number of nitro benzene ring substituents is 1. The fourth-order valence-electron chi connectivity index (χ4n) is 2.60. The van der Waals surface area contributed by atoms with Crippen molar-refractivity contribution < 1.29 is 4.92 Å². The largest absolute Gasteiger partial charge is 0.310 e. The average molecular weight is 283 g/mol. The maximum absolute atomic E-state index is 11.0. The number of halogens is 1. The molecule has 0 saturated heterocycles. The van der Waals surface area contributed by atoms with Gasteiger partial charge in [0.2, 0.25) is 0 Å². The molecule has 0 aromatic heterocycles. The van der Waals surface area contributed by atoms with Crippen molar-refractivity contribution in [2.75, 3.05) is 0 Å². The highest BCUT2D eigenvalue weighted by Crippen LogP contribution is 2.28. The molecule has 0 atom stereocenters. The lowest BCUT2D eigenvalue weighted by Gasteiger charge is -2.27. The third-order valence-corrected chi connectivity index (χ3v) is 4.23. The van der Waals surface area contributed by atoms with Gasteiger partial charge in [-0.2, -0.15) is 0 Å². The predicted octanol–water partition coefficient (Wildman–Crippen LogP) is 3.92. The molecule has 5 heteroatoms. The van der Waals surface area contributed by atoms with Crippen molar-refractivity contribution in [3.05, 3.63) is 38.9 Å². The zero-order valence-corrected chi connectivity index (χ0v) is 11.8. The molecule has 1 aliphatic carbocycles. The summed E-state index contributed by atoms with van der Waals surface area (Å²) in [4.78, 5) is 10.6. The number of nitrogens with one attached hydrogen (secondary N) is 1. The van der Waals surface area contributed by atoms with Gasteiger partial charge in [0.1, 0.15) is 0 Å². The molecule has 1 aromatic carbocycles. The third kappa shape index (κ3) is 3.67.